The zero-order valence-electron chi connectivity index (χ0n) is 9.30. The molecule has 1 amide bonds. The van der Waals surface area contributed by atoms with Gasteiger partial charge in [-0.25, -0.2) is 4.39 Å². The number of halogens is 2. The number of nitrogens with one attached hydrogen (secondary N) is 1. The lowest BCUT2D eigenvalue weighted by Gasteiger charge is -2.25. The number of hydrogen-bond donors (Lipinski definition) is 2. The van der Waals surface area contributed by atoms with Crippen LogP contribution < -0.4 is 11.1 Å². The lowest BCUT2D eigenvalue weighted by atomic mass is 9.88. The van der Waals surface area contributed by atoms with E-state index in [4.69, 9.17) is 17.3 Å². The Kier molecular flexibility index (Phi) is 3.35. The fourth-order valence-electron chi connectivity index (χ4n) is 2.25. The number of primary amides is 1. The van der Waals surface area contributed by atoms with Gasteiger partial charge in [0.1, 0.15) is 11.4 Å². The lowest BCUT2D eigenvalue weighted by Crippen LogP contribution is -2.53. The molecular formula is C12H14ClFN2O. The molecule has 0 saturated carbocycles. The van der Waals surface area contributed by atoms with Crippen molar-refractivity contribution in [1.82, 2.24) is 5.32 Å². The van der Waals surface area contributed by atoms with Crippen molar-refractivity contribution in [1.29, 1.82) is 0 Å². The molecule has 1 atom stereocenters. The minimum absolute atomic E-state index is 0.0845. The molecule has 3 N–H and O–H groups in total. The van der Waals surface area contributed by atoms with Gasteiger partial charge in [0, 0.05) is 0 Å². The van der Waals surface area contributed by atoms with Gasteiger partial charge in [-0.05, 0) is 43.5 Å². The molecule has 1 aliphatic rings. The van der Waals surface area contributed by atoms with E-state index in [1.54, 1.807) is 6.07 Å². The molecule has 0 radical (unpaired) electrons. The first-order chi connectivity index (χ1) is 8.03. The molecule has 1 saturated heterocycles. The van der Waals surface area contributed by atoms with Crippen molar-refractivity contribution in [3.8, 4) is 0 Å². The number of hydrogen-bond acceptors (Lipinski definition) is 2. The van der Waals surface area contributed by atoms with Gasteiger partial charge < -0.3 is 11.1 Å². The van der Waals surface area contributed by atoms with Crippen molar-refractivity contribution in [3.63, 3.8) is 0 Å². The van der Waals surface area contributed by atoms with Crippen LogP contribution in [0.15, 0.2) is 18.2 Å². The third kappa shape index (κ3) is 2.42. The molecule has 1 aromatic carbocycles. The fourth-order valence-corrected chi connectivity index (χ4v) is 2.37. The van der Waals surface area contributed by atoms with E-state index in [0.717, 1.165) is 18.5 Å². The second-order valence-corrected chi connectivity index (χ2v) is 4.81. The highest BCUT2D eigenvalue weighted by molar-refractivity contribution is 6.30. The van der Waals surface area contributed by atoms with Gasteiger partial charge in [0.15, 0.2) is 0 Å². The van der Waals surface area contributed by atoms with Gasteiger partial charge in [-0.2, -0.15) is 0 Å². The van der Waals surface area contributed by atoms with Gasteiger partial charge in [-0.15, -0.1) is 0 Å². The minimum atomic E-state index is -0.736. The molecule has 3 nitrogen and oxygen atoms in total. The van der Waals surface area contributed by atoms with Gasteiger partial charge in [0.05, 0.1) is 5.02 Å². The molecule has 0 aromatic heterocycles. The summed E-state index contributed by atoms with van der Waals surface area (Å²) >= 11 is 5.61. The summed E-state index contributed by atoms with van der Waals surface area (Å²) in [5.74, 6) is -0.854. The largest absolute Gasteiger partial charge is 0.368 e. The molecule has 92 valence electrons. The van der Waals surface area contributed by atoms with Crippen LogP contribution >= 0.6 is 11.6 Å². The maximum atomic E-state index is 13.3. The van der Waals surface area contributed by atoms with E-state index in [0.29, 0.717) is 12.8 Å². The first kappa shape index (κ1) is 12.3. The maximum absolute atomic E-state index is 13.3. The van der Waals surface area contributed by atoms with Gasteiger partial charge >= 0.3 is 0 Å². The van der Waals surface area contributed by atoms with E-state index >= 15 is 0 Å². The molecule has 0 spiro atoms. The predicted molar refractivity (Wildman–Crippen MR) is 64.3 cm³/mol. The summed E-state index contributed by atoms with van der Waals surface area (Å²) in [4.78, 5) is 11.5. The van der Waals surface area contributed by atoms with Crippen LogP contribution in [0.5, 0.6) is 0 Å². The number of nitrogens with two attached hydrogens (primary N) is 1. The average Bonchev–Trinajstić information content (AvgIpc) is 2.73. The van der Waals surface area contributed by atoms with Gasteiger partial charge in [-0.3, -0.25) is 4.79 Å². The first-order valence-corrected chi connectivity index (χ1v) is 5.90. The Morgan fingerprint density at radius 1 is 1.59 bits per heavy atom. The summed E-state index contributed by atoms with van der Waals surface area (Å²) in [6.45, 7) is 0.763. The molecule has 1 fully saturated rings. The molecule has 1 heterocycles. The van der Waals surface area contributed by atoms with E-state index in [-0.39, 0.29) is 10.9 Å². The molecule has 2 rings (SSSR count). The summed E-state index contributed by atoms with van der Waals surface area (Å²) in [5, 5.41) is 3.21. The van der Waals surface area contributed by atoms with E-state index in [9.17, 15) is 9.18 Å². The smallest absolute Gasteiger partial charge is 0.238 e. The molecule has 0 bridgehead atoms. The highest BCUT2D eigenvalue weighted by Crippen LogP contribution is 2.25. The Morgan fingerprint density at radius 2 is 2.35 bits per heavy atom. The van der Waals surface area contributed by atoms with E-state index in [1.165, 1.54) is 12.1 Å². The third-order valence-corrected chi connectivity index (χ3v) is 3.51. The number of amides is 1. The normalized spacial score (nSPS) is 23.9. The second kappa shape index (κ2) is 4.63. The topological polar surface area (TPSA) is 55.1 Å². The summed E-state index contributed by atoms with van der Waals surface area (Å²) in [6.07, 6.45) is 1.99. The van der Waals surface area contributed by atoms with Crippen LogP contribution in [0, 0.1) is 5.82 Å². The van der Waals surface area contributed by atoms with E-state index in [2.05, 4.69) is 5.32 Å². The SMILES string of the molecule is NC(=O)[C@@]1(Cc2ccc(Cl)c(F)c2)CCCN1. The van der Waals surface area contributed by atoms with Crippen LogP contribution in [0.2, 0.25) is 5.02 Å². The van der Waals surface area contributed by atoms with Crippen molar-refractivity contribution in [3.05, 3.63) is 34.6 Å². The highest BCUT2D eigenvalue weighted by Gasteiger charge is 2.39. The summed E-state index contributed by atoms with van der Waals surface area (Å²) in [6, 6.07) is 4.57. The minimum Gasteiger partial charge on any atom is -0.368 e. The second-order valence-electron chi connectivity index (χ2n) is 4.40. The fraction of sp³-hybridized carbons (Fsp3) is 0.417. The number of benzene rings is 1. The Bertz CT molecular complexity index is 444. The molecule has 0 unspecified atom stereocenters. The van der Waals surface area contributed by atoms with E-state index in [1.807, 2.05) is 0 Å². The Labute approximate surface area is 104 Å². The van der Waals surface area contributed by atoms with Gasteiger partial charge in [-0.1, -0.05) is 17.7 Å². The predicted octanol–water partition coefficient (Wildman–Crippen LogP) is 1.63. The maximum Gasteiger partial charge on any atom is 0.238 e. The summed E-state index contributed by atoms with van der Waals surface area (Å²) in [5.41, 5.74) is 5.41. The Morgan fingerprint density at radius 3 is 2.88 bits per heavy atom. The van der Waals surface area contributed by atoms with Crippen LogP contribution in [0.25, 0.3) is 0 Å². The van der Waals surface area contributed by atoms with Crippen LogP contribution in [0.4, 0.5) is 4.39 Å². The van der Waals surface area contributed by atoms with Crippen molar-refractivity contribution < 1.29 is 9.18 Å². The third-order valence-electron chi connectivity index (χ3n) is 3.21. The lowest BCUT2D eigenvalue weighted by molar-refractivity contribution is -0.123. The summed E-state index contributed by atoms with van der Waals surface area (Å²) < 4.78 is 13.3. The quantitative estimate of drug-likeness (QED) is 0.864. The number of rotatable bonds is 3. The van der Waals surface area contributed by atoms with Crippen LogP contribution in [0.3, 0.4) is 0 Å². The number of carbonyl (C=O) groups is 1. The number of carbonyl (C=O) groups excluding carboxylic acids is 1. The molecule has 1 aliphatic heterocycles. The van der Waals surface area contributed by atoms with Crippen LogP contribution in [0.1, 0.15) is 18.4 Å². The van der Waals surface area contributed by atoms with Crippen LogP contribution in [-0.4, -0.2) is 18.0 Å². The molecule has 17 heavy (non-hydrogen) atoms. The van der Waals surface area contributed by atoms with Gasteiger partial charge in [0.2, 0.25) is 5.91 Å². The Hall–Kier alpha value is -1.13. The molecule has 0 aliphatic carbocycles. The summed E-state index contributed by atoms with van der Waals surface area (Å²) in [7, 11) is 0. The van der Waals surface area contributed by atoms with Crippen molar-refractivity contribution in [2.45, 2.75) is 24.8 Å². The van der Waals surface area contributed by atoms with Crippen LogP contribution in [-0.2, 0) is 11.2 Å². The van der Waals surface area contributed by atoms with Crippen molar-refractivity contribution in [2.24, 2.45) is 5.73 Å². The van der Waals surface area contributed by atoms with Crippen molar-refractivity contribution >= 4 is 17.5 Å². The zero-order chi connectivity index (χ0) is 12.5. The van der Waals surface area contributed by atoms with Crippen molar-refractivity contribution in [2.75, 3.05) is 6.54 Å². The zero-order valence-corrected chi connectivity index (χ0v) is 10.1. The Balaban J connectivity index is 2.23. The molecule has 1 aromatic rings. The highest BCUT2D eigenvalue weighted by atomic mass is 35.5. The molecular weight excluding hydrogens is 243 g/mol. The average molecular weight is 257 g/mol. The van der Waals surface area contributed by atoms with E-state index < -0.39 is 11.4 Å². The monoisotopic (exact) mass is 256 g/mol. The first-order valence-electron chi connectivity index (χ1n) is 5.52. The molecule has 5 heteroatoms. The standard InChI is InChI=1S/C12H14ClFN2O/c13-9-3-2-8(6-10(9)14)7-12(11(15)17)4-1-5-16-12/h2-3,6,16H,1,4-5,7H2,(H2,15,17)/t12-/m0/s1. The van der Waals surface area contributed by atoms with Gasteiger partial charge in [0.25, 0.3) is 0 Å².